The van der Waals surface area contributed by atoms with Crippen molar-refractivity contribution in [2.45, 2.75) is 30.7 Å². The van der Waals surface area contributed by atoms with Crippen molar-refractivity contribution in [1.82, 2.24) is 10.2 Å². The summed E-state index contributed by atoms with van der Waals surface area (Å²) in [6.07, 6.45) is -1.52. The van der Waals surface area contributed by atoms with Gasteiger partial charge >= 0.3 is 6.03 Å². The zero-order chi connectivity index (χ0) is 13.3. The van der Waals surface area contributed by atoms with Crippen LogP contribution in [0.25, 0.3) is 0 Å². The molecule has 0 aromatic heterocycles. The Labute approximate surface area is 104 Å². The van der Waals surface area contributed by atoms with E-state index in [9.17, 15) is 15.0 Å². The van der Waals surface area contributed by atoms with Crippen LogP contribution in [0.1, 0.15) is 0 Å². The molecule has 1 fully saturated rings. The van der Waals surface area contributed by atoms with Crippen molar-refractivity contribution in [3.63, 3.8) is 0 Å². The van der Waals surface area contributed by atoms with Gasteiger partial charge in [0.05, 0.1) is 12.8 Å². The van der Waals surface area contributed by atoms with Crippen molar-refractivity contribution in [3.05, 3.63) is 12.3 Å². The summed E-state index contributed by atoms with van der Waals surface area (Å²) >= 11 is 0. The molecular formula is C10H17N3O5. The molecule has 8 nitrogen and oxygen atoms in total. The number of aliphatic hydroxyl groups is 2. The zero-order valence-corrected chi connectivity index (χ0v) is 9.89. The molecule has 18 heavy (non-hydrogen) atoms. The summed E-state index contributed by atoms with van der Waals surface area (Å²) in [5, 5.41) is 22.1. The maximum atomic E-state index is 11.7. The highest BCUT2D eigenvalue weighted by atomic mass is 16.6. The third-order valence-electron chi connectivity index (χ3n) is 2.92. The number of hydrogen-bond acceptors (Lipinski definition) is 6. The number of urea groups is 1. The average Bonchev–Trinajstić information content (AvgIpc) is 2.58. The van der Waals surface area contributed by atoms with Crippen molar-refractivity contribution in [2.75, 3.05) is 13.7 Å². The van der Waals surface area contributed by atoms with Crippen LogP contribution in [0.3, 0.4) is 0 Å². The van der Waals surface area contributed by atoms with E-state index in [1.807, 2.05) is 0 Å². The van der Waals surface area contributed by atoms with Crippen molar-refractivity contribution in [3.8, 4) is 0 Å². The number of hydrogen-bond donors (Lipinski definition) is 4. The van der Waals surface area contributed by atoms with Gasteiger partial charge in [0.1, 0.15) is 18.3 Å². The van der Waals surface area contributed by atoms with Crippen LogP contribution in [-0.4, -0.2) is 65.6 Å². The summed E-state index contributed by atoms with van der Waals surface area (Å²) in [6, 6.07) is -0.487. The molecular weight excluding hydrogens is 242 g/mol. The second kappa shape index (κ2) is 5.21. The fraction of sp³-hybridized carbons (Fsp3) is 0.700. The van der Waals surface area contributed by atoms with E-state index in [4.69, 9.17) is 15.2 Å². The van der Waals surface area contributed by atoms with Gasteiger partial charge in [-0.25, -0.2) is 4.79 Å². The monoisotopic (exact) mass is 259 g/mol. The molecule has 0 saturated carbocycles. The normalized spacial score (nSPS) is 40.1. The quantitative estimate of drug-likeness (QED) is 0.461. The van der Waals surface area contributed by atoms with Crippen LogP contribution >= 0.6 is 0 Å². The lowest BCUT2D eigenvalue weighted by molar-refractivity contribution is -0.0710. The minimum Gasteiger partial charge on any atom is -0.387 e. The highest BCUT2D eigenvalue weighted by Gasteiger charge is 2.46. The number of nitrogens with two attached hydrogens (primary N) is 1. The number of rotatable bonds is 3. The fourth-order valence-corrected chi connectivity index (χ4v) is 1.98. The molecule has 0 aromatic rings. The molecule has 0 bridgehead atoms. The Morgan fingerprint density at radius 1 is 1.56 bits per heavy atom. The fourth-order valence-electron chi connectivity index (χ4n) is 1.98. The SMILES string of the molecule is COCC1OC(N2C=CC(N)NC2=O)C(O)C1O. The average molecular weight is 259 g/mol. The molecule has 2 rings (SSSR count). The van der Waals surface area contributed by atoms with Gasteiger partial charge in [-0.1, -0.05) is 0 Å². The molecule has 102 valence electrons. The maximum absolute atomic E-state index is 11.7. The summed E-state index contributed by atoms with van der Waals surface area (Å²) in [5.41, 5.74) is 5.50. The third-order valence-corrected chi connectivity index (χ3v) is 2.92. The maximum Gasteiger partial charge on any atom is 0.325 e. The van der Waals surface area contributed by atoms with Crippen LogP contribution in [0.4, 0.5) is 4.79 Å². The standard InChI is InChI=1S/C10H17N3O5/c1-17-4-5-7(14)8(15)9(18-5)13-3-2-6(11)12-10(13)16/h2-3,5-9,14-15H,4,11H2,1H3,(H,12,16). The Morgan fingerprint density at radius 3 is 2.89 bits per heavy atom. The predicted molar refractivity (Wildman–Crippen MR) is 60.0 cm³/mol. The summed E-state index contributed by atoms with van der Waals surface area (Å²) in [4.78, 5) is 12.8. The molecule has 0 aromatic carbocycles. The van der Waals surface area contributed by atoms with Gasteiger partial charge in [-0.2, -0.15) is 0 Å². The lowest BCUT2D eigenvalue weighted by Gasteiger charge is -2.31. The summed E-state index contributed by atoms with van der Waals surface area (Å²) in [7, 11) is 1.46. The summed E-state index contributed by atoms with van der Waals surface area (Å²) in [6.45, 7) is 0.132. The van der Waals surface area contributed by atoms with Gasteiger partial charge in [-0.15, -0.1) is 0 Å². The molecule has 5 unspecified atom stereocenters. The van der Waals surface area contributed by atoms with Gasteiger partial charge in [-0.05, 0) is 6.08 Å². The number of nitrogens with one attached hydrogen (secondary N) is 1. The topological polar surface area (TPSA) is 117 Å². The summed E-state index contributed by atoms with van der Waals surface area (Å²) < 4.78 is 10.3. The number of aliphatic hydroxyl groups excluding tert-OH is 2. The number of nitrogens with zero attached hydrogens (tertiary/aromatic N) is 1. The van der Waals surface area contributed by atoms with E-state index in [-0.39, 0.29) is 6.61 Å². The number of carbonyl (C=O) groups excluding carboxylic acids is 1. The minimum atomic E-state index is -1.20. The highest BCUT2D eigenvalue weighted by Crippen LogP contribution is 2.25. The molecule has 5 N–H and O–H groups in total. The van der Waals surface area contributed by atoms with Crippen LogP contribution in [-0.2, 0) is 9.47 Å². The number of amides is 2. The Balaban J connectivity index is 2.09. The van der Waals surface area contributed by atoms with E-state index >= 15 is 0 Å². The molecule has 2 amide bonds. The van der Waals surface area contributed by atoms with Crippen molar-refractivity contribution in [1.29, 1.82) is 0 Å². The second-order valence-corrected chi connectivity index (χ2v) is 4.23. The van der Waals surface area contributed by atoms with Gasteiger partial charge < -0.3 is 30.7 Å². The highest BCUT2D eigenvalue weighted by molar-refractivity contribution is 5.77. The van der Waals surface area contributed by atoms with E-state index in [2.05, 4.69) is 5.32 Å². The van der Waals surface area contributed by atoms with E-state index in [1.165, 1.54) is 13.3 Å². The third kappa shape index (κ3) is 2.33. The Bertz CT molecular complexity index is 350. The van der Waals surface area contributed by atoms with Crippen molar-refractivity contribution < 1.29 is 24.5 Å². The number of methoxy groups -OCH3 is 1. The van der Waals surface area contributed by atoms with Gasteiger partial charge in [0.2, 0.25) is 0 Å². The first kappa shape index (κ1) is 13.2. The van der Waals surface area contributed by atoms with Gasteiger partial charge in [0.25, 0.3) is 0 Å². The first-order valence-corrected chi connectivity index (χ1v) is 5.58. The molecule has 2 heterocycles. The number of carbonyl (C=O) groups is 1. The second-order valence-electron chi connectivity index (χ2n) is 4.23. The first-order chi connectivity index (χ1) is 8.54. The van der Waals surface area contributed by atoms with Crippen LogP contribution in [0.5, 0.6) is 0 Å². The Hall–Kier alpha value is -1.19. The smallest absolute Gasteiger partial charge is 0.325 e. The predicted octanol–water partition coefficient (Wildman–Crippen LogP) is -2.10. The van der Waals surface area contributed by atoms with E-state index < -0.39 is 36.7 Å². The van der Waals surface area contributed by atoms with Crippen LogP contribution in [0.2, 0.25) is 0 Å². The zero-order valence-electron chi connectivity index (χ0n) is 9.89. The molecule has 1 saturated heterocycles. The largest absolute Gasteiger partial charge is 0.387 e. The first-order valence-electron chi connectivity index (χ1n) is 5.58. The van der Waals surface area contributed by atoms with E-state index in [0.29, 0.717) is 0 Å². The summed E-state index contributed by atoms with van der Waals surface area (Å²) in [5.74, 6) is 0. The molecule has 0 spiro atoms. The van der Waals surface area contributed by atoms with Crippen LogP contribution in [0, 0.1) is 0 Å². The van der Waals surface area contributed by atoms with Gasteiger partial charge in [0, 0.05) is 13.3 Å². The van der Waals surface area contributed by atoms with Gasteiger partial charge in [-0.3, -0.25) is 4.90 Å². The Morgan fingerprint density at radius 2 is 2.28 bits per heavy atom. The molecule has 8 heteroatoms. The van der Waals surface area contributed by atoms with Crippen LogP contribution < -0.4 is 11.1 Å². The Kier molecular flexibility index (Phi) is 3.83. The van der Waals surface area contributed by atoms with Crippen LogP contribution in [0.15, 0.2) is 12.3 Å². The number of ether oxygens (including phenoxy) is 2. The molecule has 5 atom stereocenters. The lowest BCUT2D eigenvalue weighted by Crippen LogP contribution is -2.55. The van der Waals surface area contributed by atoms with E-state index in [0.717, 1.165) is 4.90 Å². The molecule has 0 radical (unpaired) electrons. The van der Waals surface area contributed by atoms with Crippen molar-refractivity contribution in [2.24, 2.45) is 5.73 Å². The van der Waals surface area contributed by atoms with Crippen molar-refractivity contribution >= 4 is 6.03 Å². The van der Waals surface area contributed by atoms with E-state index in [1.54, 1.807) is 6.08 Å². The van der Waals surface area contributed by atoms with Gasteiger partial charge in [0.15, 0.2) is 6.23 Å². The lowest BCUT2D eigenvalue weighted by atomic mass is 10.1. The molecule has 2 aliphatic rings. The molecule has 0 aliphatic carbocycles. The minimum absolute atomic E-state index is 0.132. The molecule has 2 aliphatic heterocycles.